The van der Waals surface area contributed by atoms with Crippen LogP contribution < -0.4 is 5.73 Å². The van der Waals surface area contributed by atoms with Crippen LogP contribution in [-0.4, -0.2) is 68.1 Å². The maximum atomic E-state index is 5.98. The Morgan fingerprint density at radius 1 is 1.10 bits per heavy atom. The van der Waals surface area contributed by atoms with Gasteiger partial charge in [-0.2, -0.15) is 0 Å². The molecule has 0 unspecified atom stereocenters. The van der Waals surface area contributed by atoms with Crippen molar-refractivity contribution < 1.29 is 0 Å². The van der Waals surface area contributed by atoms with Gasteiger partial charge in [0.05, 0.1) is 0 Å². The van der Waals surface area contributed by atoms with E-state index >= 15 is 0 Å². The number of likely N-dealkylation sites (N-methyl/N-ethyl adjacent to an activating group) is 1. The van der Waals surface area contributed by atoms with Gasteiger partial charge in [0.25, 0.3) is 0 Å². The van der Waals surface area contributed by atoms with E-state index in [9.17, 15) is 0 Å². The Hall–Kier alpha value is -1.10. The van der Waals surface area contributed by atoms with Gasteiger partial charge in [-0.15, -0.1) is 0 Å². The van der Waals surface area contributed by atoms with E-state index in [1.807, 2.05) is 6.07 Å². The molecule has 112 valence electrons. The van der Waals surface area contributed by atoms with Crippen molar-refractivity contribution in [2.24, 2.45) is 0 Å². The Kier molecular flexibility index (Phi) is 5.40. The predicted octanol–water partition coefficient (Wildman–Crippen LogP) is 1.26. The number of anilines is 1. The van der Waals surface area contributed by atoms with E-state index < -0.39 is 0 Å². The summed E-state index contributed by atoms with van der Waals surface area (Å²) in [5.74, 6) is 0. The van der Waals surface area contributed by atoms with Crippen molar-refractivity contribution in [3.05, 3.63) is 29.3 Å². The lowest BCUT2D eigenvalue weighted by Crippen LogP contribution is -2.47. The lowest BCUT2D eigenvalue weighted by Gasteiger charge is -2.35. The summed E-state index contributed by atoms with van der Waals surface area (Å²) in [5, 5.41) is 0. The summed E-state index contributed by atoms with van der Waals surface area (Å²) in [7, 11) is 4.28. The topological polar surface area (TPSA) is 35.7 Å². The van der Waals surface area contributed by atoms with Crippen molar-refractivity contribution in [2.75, 3.05) is 59.1 Å². The molecule has 1 heterocycles. The zero-order chi connectivity index (χ0) is 14.5. The number of nitrogens with zero attached hydrogens (tertiary/aromatic N) is 3. The SMILES string of the molecule is Cc1c(N)cccc1CN1CCN(CCN(C)C)CC1. The first-order chi connectivity index (χ1) is 9.56. The number of hydrogen-bond acceptors (Lipinski definition) is 4. The summed E-state index contributed by atoms with van der Waals surface area (Å²) in [6.07, 6.45) is 0. The molecule has 0 amide bonds. The highest BCUT2D eigenvalue weighted by atomic mass is 15.3. The third kappa shape index (κ3) is 4.20. The molecule has 0 atom stereocenters. The van der Waals surface area contributed by atoms with Gasteiger partial charge in [0, 0.05) is 51.5 Å². The Bertz CT molecular complexity index is 422. The molecule has 1 aliphatic rings. The Labute approximate surface area is 123 Å². The molecule has 0 spiro atoms. The van der Waals surface area contributed by atoms with Crippen molar-refractivity contribution in [1.29, 1.82) is 0 Å². The van der Waals surface area contributed by atoms with Crippen LogP contribution in [0.3, 0.4) is 0 Å². The average molecular weight is 276 g/mol. The molecular formula is C16H28N4. The fraction of sp³-hybridized carbons (Fsp3) is 0.625. The smallest absolute Gasteiger partial charge is 0.0346 e. The van der Waals surface area contributed by atoms with Gasteiger partial charge in [-0.25, -0.2) is 0 Å². The number of piperazine rings is 1. The van der Waals surface area contributed by atoms with Crippen LogP contribution in [0.25, 0.3) is 0 Å². The normalized spacial score (nSPS) is 17.8. The van der Waals surface area contributed by atoms with Crippen LogP contribution in [0.5, 0.6) is 0 Å². The molecule has 1 aliphatic heterocycles. The molecule has 1 aromatic rings. The number of rotatable bonds is 5. The van der Waals surface area contributed by atoms with Gasteiger partial charge >= 0.3 is 0 Å². The third-order valence-corrected chi connectivity index (χ3v) is 4.21. The number of benzene rings is 1. The highest BCUT2D eigenvalue weighted by molar-refractivity contribution is 5.49. The molecule has 1 aromatic carbocycles. The fourth-order valence-corrected chi connectivity index (χ4v) is 2.63. The first kappa shape index (κ1) is 15.3. The van der Waals surface area contributed by atoms with Gasteiger partial charge in [-0.05, 0) is 38.2 Å². The molecule has 4 nitrogen and oxygen atoms in total. The summed E-state index contributed by atoms with van der Waals surface area (Å²) >= 11 is 0. The van der Waals surface area contributed by atoms with Gasteiger partial charge in [0.15, 0.2) is 0 Å². The lowest BCUT2D eigenvalue weighted by molar-refractivity contribution is 0.120. The van der Waals surface area contributed by atoms with E-state index in [0.717, 1.165) is 31.9 Å². The second kappa shape index (κ2) is 7.07. The van der Waals surface area contributed by atoms with E-state index in [-0.39, 0.29) is 0 Å². The highest BCUT2D eigenvalue weighted by Crippen LogP contribution is 2.18. The zero-order valence-electron chi connectivity index (χ0n) is 13.1. The molecule has 1 saturated heterocycles. The molecule has 2 N–H and O–H groups in total. The number of nitrogens with two attached hydrogens (primary N) is 1. The summed E-state index contributed by atoms with van der Waals surface area (Å²) in [6, 6.07) is 6.24. The average Bonchev–Trinajstić information content (AvgIpc) is 2.43. The molecule has 1 fully saturated rings. The third-order valence-electron chi connectivity index (χ3n) is 4.21. The highest BCUT2D eigenvalue weighted by Gasteiger charge is 2.17. The van der Waals surface area contributed by atoms with Crippen molar-refractivity contribution >= 4 is 5.69 Å². The van der Waals surface area contributed by atoms with Gasteiger partial charge in [-0.1, -0.05) is 12.1 Å². The van der Waals surface area contributed by atoms with E-state index in [2.05, 4.69) is 47.9 Å². The van der Waals surface area contributed by atoms with Crippen LogP contribution in [0.1, 0.15) is 11.1 Å². The minimum Gasteiger partial charge on any atom is -0.399 e. The van der Waals surface area contributed by atoms with Crippen molar-refractivity contribution in [3.8, 4) is 0 Å². The van der Waals surface area contributed by atoms with Crippen LogP contribution in [0.15, 0.2) is 18.2 Å². The zero-order valence-corrected chi connectivity index (χ0v) is 13.1. The lowest BCUT2D eigenvalue weighted by atomic mass is 10.1. The maximum Gasteiger partial charge on any atom is 0.0346 e. The van der Waals surface area contributed by atoms with E-state index in [1.54, 1.807) is 0 Å². The molecule has 0 radical (unpaired) electrons. The van der Waals surface area contributed by atoms with Crippen LogP contribution >= 0.6 is 0 Å². The molecular weight excluding hydrogens is 248 g/mol. The van der Waals surface area contributed by atoms with Gasteiger partial charge < -0.3 is 10.6 Å². The second-order valence-electron chi connectivity index (χ2n) is 6.05. The first-order valence-corrected chi connectivity index (χ1v) is 7.49. The van der Waals surface area contributed by atoms with Crippen LogP contribution in [-0.2, 0) is 6.54 Å². The van der Waals surface area contributed by atoms with Gasteiger partial charge in [0.2, 0.25) is 0 Å². The summed E-state index contributed by atoms with van der Waals surface area (Å²) < 4.78 is 0. The quantitative estimate of drug-likeness (QED) is 0.821. The Morgan fingerprint density at radius 2 is 1.75 bits per heavy atom. The minimum atomic E-state index is 0.909. The van der Waals surface area contributed by atoms with Crippen LogP contribution in [0, 0.1) is 6.92 Å². The monoisotopic (exact) mass is 276 g/mol. The maximum absolute atomic E-state index is 5.98. The molecule has 0 aliphatic carbocycles. The van der Waals surface area contributed by atoms with Crippen molar-refractivity contribution in [2.45, 2.75) is 13.5 Å². The summed E-state index contributed by atoms with van der Waals surface area (Å²) in [5.41, 5.74) is 9.50. The van der Waals surface area contributed by atoms with Gasteiger partial charge in [-0.3, -0.25) is 9.80 Å². The first-order valence-electron chi connectivity index (χ1n) is 7.49. The Balaban J connectivity index is 1.81. The van der Waals surface area contributed by atoms with Crippen molar-refractivity contribution in [1.82, 2.24) is 14.7 Å². The summed E-state index contributed by atoms with van der Waals surface area (Å²) in [4.78, 5) is 7.35. The predicted molar refractivity (Wildman–Crippen MR) is 85.9 cm³/mol. The van der Waals surface area contributed by atoms with E-state index in [0.29, 0.717) is 0 Å². The fourth-order valence-electron chi connectivity index (χ4n) is 2.63. The second-order valence-corrected chi connectivity index (χ2v) is 6.05. The molecule has 4 heteroatoms. The van der Waals surface area contributed by atoms with Gasteiger partial charge in [0.1, 0.15) is 0 Å². The standard InChI is InChI=1S/C16H28N4/c1-14-15(5-4-6-16(14)17)13-20-11-9-19(10-12-20)8-7-18(2)3/h4-6H,7-13,17H2,1-3H3. The van der Waals surface area contributed by atoms with Crippen LogP contribution in [0.2, 0.25) is 0 Å². The molecule has 2 rings (SSSR count). The molecule has 0 aromatic heterocycles. The summed E-state index contributed by atoms with van der Waals surface area (Å²) in [6.45, 7) is 10.1. The van der Waals surface area contributed by atoms with Crippen molar-refractivity contribution in [3.63, 3.8) is 0 Å². The Morgan fingerprint density at radius 3 is 2.40 bits per heavy atom. The van der Waals surface area contributed by atoms with E-state index in [1.165, 1.54) is 30.8 Å². The van der Waals surface area contributed by atoms with Crippen LogP contribution in [0.4, 0.5) is 5.69 Å². The molecule has 0 bridgehead atoms. The molecule has 0 saturated carbocycles. The molecule has 20 heavy (non-hydrogen) atoms. The minimum absolute atomic E-state index is 0.909. The largest absolute Gasteiger partial charge is 0.399 e. The number of hydrogen-bond donors (Lipinski definition) is 1. The number of nitrogen functional groups attached to an aromatic ring is 1. The van der Waals surface area contributed by atoms with E-state index in [4.69, 9.17) is 5.73 Å².